The minimum Gasteiger partial charge on any atom is -0.495 e. The van der Waals surface area contributed by atoms with Crippen LogP contribution in [0.3, 0.4) is 0 Å². The van der Waals surface area contributed by atoms with Crippen molar-refractivity contribution in [3.05, 3.63) is 117 Å². The van der Waals surface area contributed by atoms with Gasteiger partial charge in [-0.05, 0) is 72.5 Å². The Labute approximate surface area is 272 Å². The quantitative estimate of drug-likeness (QED) is 0.138. The largest absolute Gasteiger partial charge is 0.495 e. The molecule has 0 radical (unpaired) electrons. The molecule has 0 aliphatic carbocycles. The van der Waals surface area contributed by atoms with Crippen molar-refractivity contribution >= 4 is 56.2 Å². The molecule has 13 heteroatoms. The molecule has 4 rings (SSSR count). The van der Waals surface area contributed by atoms with E-state index in [-0.39, 0.29) is 39.0 Å². The van der Waals surface area contributed by atoms with Crippen molar-refractivity contribution in [3.8, 4) is 5.75 Å². The summed E-state index contributed by atoms with van der Waals surface area (Å²) in [5, 5.41) is 17.2. The maximum atomic E-state index is 13.9. The number of anilines is 3. The highest BCUT2D eigenvalue weighted by molar-refractivity contribution is 7.92. The number of nitrogens with zero attached hydrogens (tertiary/aromatic N) is 2. The average molecular weight is 665 g/mol. The summed E-state index contributed by atoms with van der Waals surface area (Å²) >= 11 is 6.20. The number of ether oxygens (including phenoxy) is 1. The Kier molecular flexibility index (Phi) is 10.0. The first-order valence-corrected chi connectivity index (χ1v) is 15.8. The van der Waals surface area contributed by atoms with Crippen LogP contribution in [0.1, 0.15) is 42.3 Å². The molecule has 0 aliphatic heterocycles. The van der Waals surface area contributed by atoms with Gasteiger partial charge in [-0.25, -0.2) is 8.42 Å². The Hall–Kier alpha value is -4.94. The fourth-order valence-corrected chi connectivity index (χ4v) is 6.17. The number of sulfonamides is 1. The molecule has 4 aromatic carbocycles. The number of aryl methyl sites for hydroxylation is 1. The Morgan fingerprint density at radius 1 is 0.935 bits per heavy atom. The molecular formula is C33H33ClN4O7S. The normalized spacial score (nSPS) is 11.4. The zero-order valence-electron chi connectivity index (χ0n) is 25.8. The highest BCUT2D eigenvalue weighted by Gasteiger charge is 2.31. The number of carbonyl (C=O) groups excluding carboxylic acids is 2. The van der Waals surface area contributed by atoms with E-state index < -0.39 is 38.0 Å². The highest BCUT2D eigenvalue weighted by Crippen LogP contribution is 2.36. The molecule has 4 aromatic rings. The van der Waals surface area contributed by atoms with Gasteiger partial charge in [-0.15, -0.1) is 0 Å². The van der Waals surface area contributed by atoms with Gasteiger partial charge in [0.1, 0.15) is 12.3 Å². The third-order valence-electron chi connectivity index (χ3n) is 7.08. The van der Waals surface area contributed by atoms with Crippen LogP contribution in [0.25, 0.3) is 0 Å². The molecule has 0 fully saturated rings. The van der Waals surface area contributed by atoms with Crippen LogP contribution in [-0.4, -0.2) is 38.8 Å². The highest BCUT2D eigenvalue weighted by atomic mass is 35.5. The number of methoxy groups -OCH3 is 1. The summed E-state index contributed by atoms with van der Waals surface area (Å²) in [5.41, 5.74) is 1.98. The number of nitro benzene ring substituents is 1. The van der Waals surface area contributed by atoms with E-state index in [1.165, 1.54) is 50.4 Å². The van der Waals surface area contributed by atoms with Crippen LogP contribution in [0.4, 0.5) is 22.7 Å². The van der Waals surface area contributed by atoms with Gasteiger partial charge >= 0.3 is 0 Å². The van der Waals surface area contributed by atoms with Crippen molar-refractivity contribution in [2.24, 2.45) is 0 Å². The molecule has 11 nitrogen and oxygen atoms in total. The molecule has 0 unspecified atom stereocenters. The Morgan fingerprint density at radius 3 is 2.20 bits per heavy atom. The summed E-state index contributed by atoms with van der Waals surface area (Å²) in [6, 6.07) is 21.4. The second-order valence-electron chi connectivity index (χ2n) is 11.4. The average Bonchev–Trinajstić information content (AvgIpc) is 2.99. The Balaban J connectivity index is 1.60. The SMILES string of the molecule is COc1ccc(Cl)cc1N(CC(=O)Nc1cccc(NC(=O)c2ccc(C(C)(C)C)cc2)c1)S(=O)(=O)c1ccc(C)c([N+](=O)[O-])c1. The molecule has 0 aromatic heterocycles. The monoisotopic (exact) mass is 664 g/mol. The fraction of sp³-hybridized carbons (Fsp3) is 0.212. The zero-order valence-corrected chi connectivity index (χ0v) is 27.4. The zero-order chi connectivity index (χ0) is 33.8. The van der Waals surface area contributed by atoms with Crippen LogP contribution in [0, 0.1) is 17.0 Å². The van der Waals surface area contributed by atoms with Gasteiger partial charge in [0.05, 0.1) is 22.6 Å². The van der Waals surface area contributed by atoms with Crippen molar-refractivity contribution < 1.29 is 27.7 Å². The van der Waals surface area contributed by atoms with Gasteiger partial charge in [-0.2, -0.15) is 0 Å². The van der Waals surface area contributed by atoms with Crippen LogP contribution in [0.5, 0.6) is 5.75 Å². The van der Waals surface area contributed by atoms with Crippen LogP contribution in [-0.2, 0) is 20.2 Å². The van der Waals surface area contributed by atoms with E-state index in [9.17, 15) is 28.1 Å². The molecule has 0 aliphatic rings. The van der Waals surface area contributed by atoms with Gasteiger partial charge < -0.3 is 15.4 Å². The topological polar surface area (TPSA) is 148 Å². The van der Waals surface area contributed by atoms with E-state index in [1.807, 2.05) is 12.1 Å². The fourth-order valence-electron chi connectivity index (χ4n) is 4.56. The van der Waals surface area contributed by atoms with Crippen molar-refractivity contribution in [1.29, 1.82) is 0 Å². The van der Waals surface area contributed by atoms with E-state index in [0.717, 1.165) is 15.9 Å². The number of nitrogens with one attached hydrogen (secondary N) is 2. The molecule has 0 bridgehead atoms. The third kappa shape index (κ3) is 7.82. The van der Waals surface area contributed by atoms with Crippen LogP contribution >= 0.6 is 11.6 Å². The van der Waals surface area contributed by atoms with Gasteiger partial charge in [0.25, 0.3) is 21.6 Å². The third-order valence-corrected chi connectivity index (χ3v) is 9.07. The maximum Gasteiger partial charge on any atom is 0.273 e. The number of nitro groups is 1. The van der Waals surface area contributed by atoms with Gasteiger partial charge in [-0.1, -0.05) is 56.6 Å². The van der Waals surface area contributed by atoms with E-state index in [1.54, 1.807) is 30.3 Å². The number of rotatable bonds is 10. The van der Waals surface area contributed by atoms with Gasteiger partial charge in [-0.3, -0.25) is 24.0 Å². The van der Waals surface area contributed by atoms with Crippen LogP contribution < -0.4 is 19.7 Å². The molecule has 240 valence electrons. The molecule has 0 atom stereocenters. The molecule has 0 heterocycles. The summed E-state index contributed by atoms with van der Waals surface area (Å²) < 4.78 is 34.0. The summed E-state index contributed by atoms with van der Waals surface area (Å²) in [4.78, 5) is 36.7. The standard InChI is InChI=1S/C33H33ClN4O7S/c1-21-9-15-27(19-28(21)38(41)42)46(43,44)37(29-17-24(34)14-16-30(29)45-5)20-31(39)35-25-7-6-8-26(18-25)36-32(40)22-10-12-23(13-11-22)33(2,3)4/h6-19H,20H2,1-5H3,(H,35,39)(H,36,40). The Bertz CT molecular complexity index is 1910. The summed E-state index contributed by atoms with van der Waals surface area (Å²) in [5.74, 6) is -0.988. The minimum absolute atomic E-state index is 0.0492. The second kappa shape index (κ2) is 13.6. The second-order valence-corrected chi connectivity index (χ2v) is 13.7. The van der Waals surface area contributed by atoms with Crippen LogP contribution in [0.2, 0.25) is 5.02 Å². The van der Waals surface area contributed by atoms with E-state index >= 15 is 0 Å². The molecule has 2 amide bonds. The lowest BCUT2D eigenvalue weighted by atomic mass is 9.87. The lowest BCUT2D eigenvalue weighted by molar-refractivity contribution is -0.385. The molecule has 2 N–H and O–H groups in total. The first-order valence-electron chi connectivity index (χ1n) is 14.0. The van der Waals surface area contributed by atoms with E-state index in [2.05, 4.69) is 31.4 Å². The summed E-state index contributed by atoms with van der Waals surface area (Å²) in [7, 11) is -3.23. The molecule has 0 saturated carbocycles. The van der Waals surface area contributed by atoms with Gasteiger partial charge in [0, 0.05) is 33.6 Å². The minimum atomic E-state index is -4.56. The predicted octanol–water partition coefficient (Wildman–Crippen LogP) is 6.95. The number of hydrogen-bond acceptors (Lipinski definition) is 7. The van der Waals surface area contributed by atoms with Crippen LogP contribution in [0.15, 0.2) is 89.8 Å². The van der Waals surface area contributed by atoms with Crippen molar-refractivity contribution in [3.63, 3.8) is 0 Å². The summed E-state index contributed by atoms with van der Waals surface area (Å²) in [6.07, 6.45) is 0. The van der Waals surface area contributed by atoms with Gasteiger partial charge in [0.15, 0.2) is 0 Å². The molecular weight excluding hydrogens is 632 g/mol. The molecule has 0 spiro atoms. The van der Waals surface area contributed by atoms with Crippen molar-refractivity contribution in [2.75, 3.05) is 28.6 Å². The molecule has 0 saturated heterocycles. The van der Waals surface area contributed by atoms with E-state index in [4.69, 9.17) is 16.3 Å². The smallest absolute Gasteiger partial charge is 0.273 e. The number of amides is 2. The molecule has 46 heavy (non-hydrogen) atoms. The first kappa shape index (κ1) is 33.9. The van der Waals surface area contributed by atoms with Crippen molar-refractivity contribution in [1.82, 2.24) is 0 Å². The van der Waals surface area contributed by atoms with E-state index in [0.29, 0.717) is 11.3 Å². The predicted molar refractivity (Wildman–Crippen MR) is 179 cm³/mol. The number of hydrogen-bond donors (Lipinski definition) is 2. The van der Waals surface area contributed by atoms with Gasteiger partial charge in [0.2, 0.25) is 5.91 Å². The number of benzene rings is 4. The summed E-state index contributed by atoms with van der Waals surface area (Å²) in [6.45, 7) is 6.99. The number of carbonyl (C=O) groups is 2. The number of halogens is 1. The lowest BCUT2D eigenvalue weighted by Crippen LogP contribution is -2.38. The maximum absolute atomic E-state index is 13.9. The van der Waals surface area contributed by atoms with Crippen molar-refractivity contribution in [2.45, 2.75) is 38.0 Å². The Morgan fingerprint density at radius 2 is 1.59 bits per heavy atom. The lowest BCUT2D eigenvalue weighted by Gasteiger charge is -2.26. The first-order chi connectivity index (χ1) is 21.6.